The Morgan fingerprint density at radius 1 is 1.05 bits per heavy atom. The maximum atomic E-state index is 12.4. The van der Waals surface area contributed by atoms with Crippen LogP contribution >= 0.6 is 0 Å². The van der Waals surface area contributed by atoms with E-state index in [2.05, 4.69) is 4.72 Å². The zero-order chi connectivity index (χ0) is 15.6. The standard InChI is InChI=1S/C16H20N2O2S/c1-11-4-9-16(12(2)10-11)13(3)18-21(19,20)15-7-5-14(17)6-8-15/h4-10,13,18H,17H2,1-3H3. The Balaban J connectivity index is 2.25. The first kappa shape index (κ1) is 15.5. The Morgan fingerprint density at radius 2 is 1.67 bits per heavy atom. The van der Waals surface area contributed by atoms with Gasteiger partial charge in [0.05, 0.1) is 4.90 Å². The van der Waals surface area contributed by atoms with Crippen molar-refractivity contribution >= 4 is 15.7 Å². The molecular formula is C16H20N2O2S. The molecule has 0 aromatic heterocycles. The molecule has 5 heteroatoms. The molecule has 0 radical (unpaired) electrons. The van der Waals surface area contributed by atoms with Gasteiger partial charge in [-0.15, -0.1) is 0 Å². The quantitative estimate of drug-likeness (QED) is 0.853. The van der Waals surface area contributed by atoms with Gasteiger partial charge in [0.1, 0.15) is 0 Å². The number of benzene rings is 2. The van der Waals surface area contributed by atoms with Crippen LogP contribution in [0.2, 0.25) is 0 Å². The third-order valence-electron chi connectivity index (χ3n) is 3.41. The maximum Gasteiger partial charge on any atom is 0.241 e. The molecule has 0 aliphatic rings. The van der Waals surface area contributed by atoms with Gasteiger partial charge in [-0.2, -0.15) is 0 Å². The summed E-state index contributed by atoms with van der Waals surface area (Å²) in [6.45, 7) is 5.84. The number of sulfonamides is 1. The first-order valence-electron chi connectivity index (χ1n) is 6.74. The smallest absolute Gasteiger partial charge is 0.241 e. The van der Waals surface area contributed by atoms with Crippen LogP contribution in [0.1, 0.15) is 29.7 Å². The summed E-state index contributed by atoms with van der Waals surface area (Å²) < 4.78 is 27.4. The number of rotatable bonds is 4. The number of aryl methyl sites for hydroxylation is 2. The number of hydrogen-bond acceptors (Lipinski definition) is 3. The van der Waals surface area contributed by atoms with Gasteiger partial charge in [-0.3, -0.25) is 0 Å². The van der Waals surface area contributed by atoms with E-state index in [1.165, 1.54) is 12.1 Å². The fourth-order valence-electron chi connectivity index (χ4n) is 2.32. The molecule has 0 bridgehead atoms. The third kappa shape index (κ3) is 3.62. The Morgan fingerprint density at radius 3 is 2.24 bits per heavy atom. The molecule has 21 heavy (non-hydrogen) atoms. The Hall–Kier alpha value is -1.85. The minimum atomic E-state index is -3.56. The van der Waals surface area contributed by atoms with Gasteiger partial charge in [0.2, 0.25) is 10.0 Å². The van der Waals surface area contributed by atoms with Crippen LogP contribution < -0.4 is 10.5 Å². The van der Waals surface area contributed by atoms with E-state index in [0.717, 1.165) is 16.7 Å². The summed E-state index contributed by atoms with van der Waals surface area (Å²) in [5.74, 6) is 0. The van der Waals surface area contributed by atoms with E-state index in [1.54, 1.807) is 12.1 Å². The van der Waals surface area contributed by atoms with Gasteiger partial charge < -0.3 is 5.73 Å². The fraction of sp³-hybridized carbons (Fsp3) is 0.250. The molecule has 0 saturated heterocycles. The average molecular weight is 304 g/mol. The Kier molecular flexibility index (Phi) is 4.34. The van der Waals surface area contributed by atoms with E-state index < -0.39 is 10.0 Å². The molecule has 0 spiro atoms. The van der Waals surface area contributed by atoms with Crippen molar-refractivity contribution in [2.45, 2.75) is 31.7 Å². The van der Waals surface area contributed by atoms with Crippen molar-refractivity contribution in [3.8, 4) is 0 Å². The molecule has 112 valence electrons. The number of nitrogens with one attached hydrogen (secondary N) is 1. The molecule has 0 amide bonds. The molecule has 2 aromatic carbocycles. The summed E-state index contributed by atoms with van der Waals surface area (Å²) in [6, 6.07) is 11.9. The van der Waals surface area contributed by atoms with Crippen molar-refractivity contribution in [1.29, 1.82) is 0 Å². The zero-order valence-electron chi connectivity index (χ0n) is 12.4. The molecule has 1 atom stereocenters. The van der Waals surface area contributed by atoms with Crippen molar-refractivity contribution in [1.82, 2.24) is 4.72 Å². The molecule has 0 fully saturated rings. The van der Waals surface area contributed by atoms with Crippen molar-refractivity contribution in [3.05, 3.63) is 59.2 Å². The highest BCUT2D eigenvalue weighted by Crippen LogP contribution is 2.21. The molecule has 3 N–H and O–H groups in total. The SMILES string of the molecule is Cc1ccc(C(C)NS(=O)(=O)c2ccc(N)cc2)c(C)c1. The lowest BCUT2D eigenvalue weighted by Crippen LogP contribution is -2.27. The molecule has 4 nitrogen and oxygen atoms in total. The van der Waals surface area contributed by atoms with Crippen molar-refractivity contribution in [3.63, 3.8) is 0 Å². The lowest BCUT2D eigenvalue weighted by atomic mass is 10.0. The molecular weight excluding hydrogens is 284 g/mol. The molecule has 0 heterocycles. The van der Waals surface area contributed by atoms with Gasteiger partial charge in [-0.1, -0.05) is 23.8 Å². The van der Waals surface area contributed by atoms with Crippen molar-refractivity contribution in [2.24, 2.45) is 0 Å². The van der Waals surface area contributed by atoms with Gasteiger partial charge in [0.15, 0.2) is 0 Å². The summed E-state index contributed by atoms with van der Waals surface area (Å²) >= 11 is 0. The number of hydrogen-bond donors (Lipinski definition) is 2. The van der Waals surface area contributed by atoms with E-state index in [1.807, 2.05) is 39.0 Å². The molecule has 2 aromatic rings. The van der Waals surface area contributed by atoms with Crippen LogP contribution in [0.15, 0.2) is 47.4 Å². The zero-order valence-corrected chi connectivity index (χ0v) is 13.2. The normalized spacial score (nSPS) is 13.1. The molecule has 0 aliphatic carbocycles. The lowest BCUT2D eigenvalue weighted by molar-refractivity contribution is 0.566. The Bertz CT molecular complexity index is 737. The number of anilines is 1. The third-order valence-corrected chi connectivity index (χ3v) is 4.97. The van der Waals surface area contributed by atoms with Gasteiger partial charge in [-0.05, 0) is 56.2 Å². The van der Waals surface area contributed by atoms with Crippen LogP contribution in [0.5, 0.6) is 0 Å². The first-order chi connectivity index (χ1) is 9.79. The summed E-state index contributed by atoms with van der Waals surface area (Å²) in [5, 5.41) is 0. The van der Waals surface area contributed by atoms with Gasteiger partial charge in [0.25, 0.3) is 0 Å². The van der Waals surface area contributed by atoms with Gasteiger partial charge in [0, 0.05) is 11.7 Å². The highest BCUT2D eigenvalue weighted by atomic mass is 32.2. The molecule has 1 unspecified atom stereocenters. The maximum absolute atomic E-state index is 12.4. The number of nitrogens with two attached hydrogens (primary N) is 1. The van der Waals surface area contributed by atoms with Crippen molar-refractivity contribution < 1.29 is 8.42 Å². The van der Waals surface area contributed by atoms with E-state index in [9.17, 15) is 8.42 Å². The van der Waals surface area contributed by atoms with E-state index >= 15 is 0 Å². The summed E-state index contributed by atoms with van der Waals surface area (Å²) in [4.78, 5) is 0.216. The summed E-state index contributed by atoms with van der Waals surface area (Å²) in [7, 11) is -3.56. The van der Waals surface area contributed by atoms with Crippen molar-refractivity contribution in [2.75, 3.05) is 5.73 Å². The molecule has 0 saturated carbocycles. The summed E-state index contributed by atoms with van der Waals surface area (Å²) in [6.07, 6.45) is 0. The van der Waals surface area contributed by atoms with Gasteiger partial charge >= 0.3 is 0 Å². The minimum Gasteiger partial charge on any atom is -0.399 e. The minimum absolute atomic E-state index is 0.216. The van der Waals surface area contributed by atoms with Crippen LogP contribution in [0.4, 0.5) is 5.69 Å². The second-order valence-corrected chi connectivity index (χ2v) is 6.99. The van der Waals surface area contributed by atoms with Crippen LogP contribution in [-0.4, -0.2) is 8.42 Å². The highest BCUT2D eigenvalue weighted by Gasteiger charge is 2.19. The van der Waals surface area contributed by atoms with Crippen LogP contribution in [0.3, 0.4) is 0 Å². The highest BCUT2D eigenvalue weighted by molar-refractivity contribution is 7.89. The van der Waals surface area contributed by atoms with E-state index in [-0.39, 0.29) is 10.9 Å². The largest absolute Gasteiger partial charge is 0.399 e. The fourth-order valence-corrected chi connectivity index (χ4v) is 3.55. The van der Waals surface area contributed by atoms with Crippen LogP contribution in [0, 0.1) is 13.8 Å². The van der Waals surface area contributed by atoms with Crippen LogP contribution in [-0.2, 0) is 10.0 Å². The Labute approximate surface area is 126 Å². The van der Waals surface area contributed by atoms with Crippen LogP contribution in [0.25, 0.3) is 0 Å². The van der Waals surface area contributed by atoms with E-state index in [0.29, 0.717) is 5.69 Å². The first-order valence-corrected chi connectivity index (χ1v) is 8.23. The molecule has 2 rings (SSSR count). The molecule has 0 aliphatic heterocycles. The number of nitrogen functional groups attached to an aromatic ring is 1. The predicted molar refractivity (Wildman–Crippen MR) is 85.5 cm³/mol. The second-order valence-electron chi connectivity index (χ2n) is 5.27. The van der Waals surface area contributed by atoms with E-state index in [4.69, 9.17) is 5.73 Å². The second kappa shape index (κ2) is 5.87. The average Bonchev–Trinajstić information content (AvgIpc) is 2.38. The topological polar surface area (TPSA) is 72.2 Å². The summed E-state index contributed by atoms with van der Waals surface area (Å²) in [5.41, 5.74) is 9.32. The predicted octanol–water partition coefficient (Wildman–Crippen LogP) is 2.93. The van der Waals surface area contributed by atoms with Gasteiger partial charge in [-0.25, -0.2) is 13.1 Å². The monoisotopic (exact) mass is 304 g/mol. The lowest BCUT2D eigenvalue weighted by Gasteiger charge is -2.17.